The third-order valence-corrected chi connectivity index (χ3v) is 2.00. The normalized spacial score (nSPS) is 10.3. The van der Waals surface area contributed by atoms with Crippen molar-refractivity contribution in [2.24, 2.45) is 0 Å². The van der Waals surface area contributed by atoms with Gasteiger partial charge in [-0.3, -0.25) is 4.98 Å². The highest BCUT2D eigenvalue weighted by Gasteiger charge is 2.09. The van der Waals surface area contributed by atoms with E-state index in [1.54, 1.807) is 12.4 Å². The first-order valence-electron chi connectivity index (χ1n) is 4.12. The van der Waals surface area contributed by atoms with Gasteiger partial charge in [-0.25, -0.2) is 0 Å². The minimum absolute atomic E-state index is 0.851. The van der Waals surface area contributed by atoms with Gasteiger partial charge < -0.3 is 4.52 Å². The van der Waals surface area contributed by atoms with Gasteiger partial charge in [0.05, 0.1) is 5.69 Å². The molecule has 0 amide bonds. The maximum absolute atomic E-state index is 5.08. The van der Waals surface area contributed by atoms with Crippen LogP contribution in [0.1, 0.15) is 11.5 Å². The molecule has 2 rings (SSSR count). The van der Waals surface area contributed by atoms with E-state index < -0.39 is 0 Å². The lowest BCUT2D eigenvalue weighted by Crippen LogP contribution is -1.81. The second kappa shape index (κ2) is 3.01. The SMILES string of the molecule is Cc1noc(C)c1-c1ccncc1. The van der Waals surface area contributed by atoms with Crippen LogP contribution in [0.3, 0.4) is 0 Å². The van der Waals surface area contributed by atoms with Crippen molar-refractivity contribution in [2.75, 3.05) is 0 Å². The number of aryl methyl sites for hydroxylation is 2. The highest BCUT2D eigenvalue weighted by atomic mass is 16.5. The average molecular weight is 174 g/mol. The van der Waals surface area contributed by atoms with E-state index in [9.17, 15) is 0 Å². The van der Waals surface area contributed by atoms with Crippen molar-refractivity contribution < 1.29 is 4.52 Å². The van der Waals surface area contributed by atoms with E-state index in [0.717, 1.165) is 22.6 Å². The molecule has 0 saturated heterocycles. The Bertz CT molecular complexity index is 387. The van der Waals surface area contributed by atoms with Gasteiger partial charge in [-0.05, 0) is 31.5 Å². The van der Waals surface area contributed by atoms with E-state index in [1.807, 2.05) is 26.0 Å². The molecule has 2 aromatic rings. The fourth-order valence-corrected chi connectivity index (χ4v) is 1.41. The third-order valence-electron chi connectivity index (χ3n) is 2.00. The first kappa shape index (κ1) is 7.98. The van der Waals surface area contributed by atoms with Crippen LogP contribution >= 0.6 is 0 Å². The summed E-state index contributed by atoms with van der Waals surface area (Å²) in [5.41, 5.74) is 3.09. The molecule has 0 aliphatic carbocycles. The highest BCUT2D eigenvalue weighted by molar-refractivity contribution is 5.66. The van der Waals surface area contributed by atoms with Gasteiger partial charge in [-0.1, -0.05) is 5.16 Å². The standard InChI is InChI=1S/C10H10N2O/c1-7-10(8(2)13-12-7)9-3-5-11-6-4-9/h3-6H,1-2H3. The van der Waals surface area contributed by atoms with Crippen LogP contribution in [-0.2, 0) is 0 Å². The summed E-state index contributed by atoms with van der Waals surface area (Å²) in [4.78, 5) is 3.96. The number of hydrogen-bond donors (Lipinski definition) is 0. The lowest BCUT2D eigenvalue weighted by atomic mass is 10.1. The number of aromatic nitrogens is 2. The van der Waals surface area contributed by atoms with Crippen LogP contribution in [0.2, 0.25) is 0 Å². The molecule has 3 heteroatoms. The minimum Gasteiger partial charge on any atom is -0.361 e. The first-order valence-corrected chi connectivity index (χ1v) is 4.12. The zero-order valence-corrected chi connectivity index (χ0v) is 7.61. The molecular formula is C10H10N2O. The third kappa shape index (κ3) is 1.33. The highest BCUT2D eigenvalue weighted by Crippen LogP contribution is 2.25. The Hall–Kier alpha value is -1.64. The molecule has 2 aromatic heterocycles. The number of rotatable bonds is 1. The van der Waals surface area contributed by atoms with Crippen molar-refractivity contribution in [3.05, 3.63) is 36.0 Å². The van der Waals surface area contributed by atoms with Gasteiger partial charge in [0.2, 0.25) is 0 Å². The van der Waals surface area contributed by atoms with E-state index in [4.69, 9.17) is 4.52 Å². The Morgan fingerprint density at radius 2 is 1.85 bits per heavy atom. The maximum Gasteiger partial charge on any atom is 0.141 e. The van der Waals surface area contributed by atoms with Crippen molar-refractivity contribution in [1.82, 2.24) is 10.1 Å². The van der Waals surface area contributed by atoms with E-state index in [0.29, 0.717) is 0 Å². The van der Waals surface area contributed by atoms with Crippen molar-refractivity contribution >= 4 is 0 Å². The number of nitrogens with zero attached hydrogens (tertiary/aromatic N) is 2. The predicted octanol–water partition coefficient (Wildman–Crippen LogP) is 2.35. The molecule has 13 heavy (non-hydrogen) atoms. The summed E-state index contributed by atoms with van der Waals surface area (Å²) in [5, 5.41) is 3.90. The summed E-state index contributed by atoms with van der Waals surface area (Å²) in [7, 11) is 0. The predicted molar refractivity (Wildman–Crippen MR) is 49.2 cm³/mol. The van der Waals surface area contributed by atoms with E-state index in [1.165, 1.54) is 0 Å². The van der Waals surface area contributed by atoms with E-state index in [2.05, 4.69) is 10.1 Å². The molecule has 0 fully saturated rings. The van der Waals surface area contributed by atoms with Crippen molar-refractivity contribution in [3.8, 4) is 11.1 Å². The quantitative estimate of drug-likeness (QED) is 0.666. The summed E-state index contributed by atoms with van der Waals surface area (Å²) >= 11 is 0. The molecule has 0 radical (unpaired) electrons. The van der Waals surface area contributed by atoms with Crippen LogP contribution in [0.15, 0.2) is 29.0 Å². The van der Waals surface area contributed by atoms with Crippen LogP contribution in [0.5, 0.6) is 0 Å². The van der Waals surface area contributed by atoms with Crippen LogP contribution in [0.4, 0.5) is 0 Å². The van der Waals surface area contributed by atoms with Gasteiger partial charge in [-0.15, -0.1) is 0 Å². The molecule has 0 N–H and O–H groups in total. The van der Waals surface area contributed by atoms with Gasteiger partial charge in [0, 0.05) is 18.0 Å². The van der Waals surface area contributed by atoms with E-state index >= 15 is 0 Å². The Morgan fingerprint density at radius 3 is 2.38 bits per heavy atom. The lowest BCUT2D eigenvalue weighted by Gasteiger charge is -1.97. The molecule has 0 unspecified atom stereocenters. The summed E-state index contributed by atoms with van der Waals surface area (Å²) < 4.78 is 5.08. The molecule has 2 heterocycles. The zero-order valence-electron chi connectivity index (χ0n) is 7.61. The van der Waals surface area contributed by atoms with Crippen molar-refractivity contribution in [1.29, 1.82) is 0 Å². The Balaban J connectivity index is 2.59. The van der Waals surface area contributed by atoms with Gasteiger partial charge >= 0.3 is 0 Å². The van der Waals surface area contributed by atoms with Crippen molar-refractivity contribution in [2.45, 2.75) is 13.8 Å². The summed E-state index contributed by atoms with van der Waals surface area (Å²) in [6.07, 6.45) is 3.53. The molecule has 3 nitrogen and oxygen atoms in total. The minimum atomic E-state index is 0.851. The van der Waals surface area contributed by atoms with Crippen LogP contribution < -0.4 is 0 Å². The summed E-state index contributed by atoms with van der Waals surface area (Å²) in [6, 6.07) is 3.90. The Kier molecular flexibility index (Phi) is 1.85. The largest absolute Gasteiger partial charge is 0.361 e. The fourth-order valence-electron chi connectivity index (χ4n) is 1.41. The van der Waals surface area contributed by atoms with Gasteiger partial charge in [0.1, 0.15) is 5.76 Å². The maximum atomic E-state index is 5.08. The Labute approximate surface area is 76.4 Å². The molecule has 0 atom stereocenters. The first-order chi connectivity index (χ1) is 6.29. The molecule has 0 aliphatic rings. The number of pyridine rings is 1. The molecule has 66 valence electrons. The van der Waals surface area contributed by atoms with Crippen LogP contribution in [-0.4, -0.2) is 10.1 Å². The van der Waals surface area contributed by atoms with Crippen molar-refractivity contribution in [3.63, 3.8) is 0 Å². The lowest BCUT2D eigenvalue weighted by molar-refractivity contribution is 0.393. The fraction of sp³-hybridized carbons (Fsp3) is 0.200. The van der Waals surface area contributed by atoms with Gasteiger partial charge in [0.25, 0.3) is 0 Å². The monoisotopic (exact) mass is 174 g/mol. The molecule has 0 bridgehead atoms. The average Bonchev–Trinajstić information content (AvgIpc) is 2.48. The number of hydrogen-bond acceptors (Lipinski definition) is 3. The topological polar surface area (TPSA) is 38.9 Å². The molecule has 0 saturated carbocycles. The van der Waals surface area contributed by atoms with Crippen LogP contribution in [0.25, 0.3) is 11.1 Å². The zero-order chi connectivity index (χ0) is 9.26. The molecular weight excluding hydrogens is 164 g/mol. The van der Waals surface area contributed by atoms with Crippen LogP contribution in [0, 0.1) is 13.8 Å². The Morgan fingerprint density at radius 1 is 1.15 bits per heavy atom. The second-order valence-corrected chi connectivity index (χ2v) is 2.94. The summed E-state index contributed by atoms with van der Waals surface area (Å²) in [5.74, 6) is 0.851. The summed E-state index contributed by atoms with van der Waals surface area (Å²) in [6.45, 7) is 3.85. The van der Waals surface area contributed by atoms with Gasteiger partial charge in [0.15, 0.2) is 0 Å². The second-order valence-electron chi connectivity index (χ2n) is 2.94. The van der Waals surface area contributed by atoms with Gasteiger partial charge in [-0.2, -0.15) is 0 Å². The van der Waals surface area contributed by atoms with E-state index in [-0.39, 0.29) is 0 Å². The molecule has 0 aliphatic heterocycles. The molecule has 0 spiro atoms. The molecule has 0 aromatic carbocycles. The smallest absolute Gasteiger partial charge is 0.141 e.